The molecule has 1 aromatic heterocycles. The summed E-state index contributed by atoms with van der Waals surface area (Å²) in [6, 6.07) is 14.6. The first kappa shape index (κ1) is 17.4. The predicted molar refractivity (Wildman–Crippen MR) is 101 cm³/mol. The van der Waals surface area contributed by atoms with Crippen molar-refractivity contribution in [2.75, 3.05) is 18.7 Å². The molecule has 3 aromatic rings. The summed E-state index contributed by atoms with van der Waals surface area (Å²) >= 11 is 1.51. The molecular weight excluding hydrogens is 356 g/mol. The molecule has 5 nitrogen and oxygen atoms in total. The minimum absolute atomic E-state index is 0.306. The van der Waals surface area contributed by atoms with Crippen molar-refractivity contribution < 1.29 is 13.2 Å². The lowest BCUT2D eigenvalue weighted by Gasteiger charge is -2.08. The fraction of sp³-hybridized carbons (Fsp3) is 0.167. The Bertz CT molecular complexity index is 964. The average Bonchev–Trinajstić information content (AvgIpc) is 3.08. The van der Waals surface area contributed by atoms with Crippen molar-refractivity contribution in [3.63, 3.8) is 0 Å². The van der Waals surface area contributed by atoms with E-state index in [0.29, 0.717) is 11.4 Å². The van der Waals surface area contributed by atoms with E-state index in [1.165, 1.54) is 17.6 Å². The van der Waals surface area contributed by atoms with Crippen LogP contribution in [0, 0.1) is 0 Å². The molecule has 0 bridgehead atoms. The lowest BCUT2D eigenvalue weighted by Crippen LogP contribution is -2.01. The van der Waals surface area contributed by atoms with E-state index in [9.17, 15) is 8.42 Å². The van der Waals surface area contributed by atoms with E-state index in [-0.39, 0.29) is 0 Å². The summed E-state index contributed by atoms with van der Waals surface area (Å²) in [6.07, 6.45) is 1.20. The Morgan fingerprint density at radius 1 is 1.12 bits per heavy atom. The molecule has 0 fully saturated rings. The van der Waals surface area contributed by atoms with Gasteiger partial charge in [-0.3, -0.25) is 0 Å². The molecule has 7 heteroatoms. The Hall–Kier alpha value is -2.38. The molecule has 0 saturated heterocycles. The molecule has 0 radical (unpaired) electrons. The highest BCUT2D eigenvalue weighted by Gasteiger charge is 2.09. The third-order valence-electron chi connectivity index (χ3n) is 3.71. The third-order valence-corrected chi connectivity index (χ3v) is 5.63. The quantitative estimate of drug-likeness (QED) is 0.710. The van der Waals surface area contributed by atoms with E-state index in [0.717, 1.165) is 27.7 Å². The van der Waals surface area contributed by atoms with Crippen LogP contribution < -0.4 is 10.1 Å². The van der Waals surface area contributed by atoms with Crippen LogP contribution in [-0.4, -0.2) is 26.8 Å². The van der Waals surface area contributed by atoms with Crippen LogP contribution in [0.2, 0.25) is 0 Å². The third kappa shape index (κ3) is 4.18. The molecule has 2 aromatic carbocycles. The van der Waals surface area contributed by atoms with Crippen LogP contribution in [0.1, 0.15) is 5.56 Å². The normalized spacial score (nSPS) is 11.3. The first-order valence-corrected chi connectivity index (χ1v) is 10.4. The zero-order valence-corrected chi connectivity index (χ0v) is 15.5. The Morgan fingerprint density at radius 3 is 2.52 bits per heavy atom. The Kier molecular flexibility index (Phi) is 5.06. The van der Waals surface area contributed by atoms with E-state index < -0.39 is 9.84 Å². The highest BCUT2D eigenvalue weighted by molar-refractivity contribution is 7.90. The molecule has 1 heterocycles. The minimum Gasteiger partial charge on any atom is -0.496 e. The molecule has 0 atom stereocenters. The monoisotopic (exact) mass is 374 g/mol. The van der Waals surface area contributed by atoms with Gasteiger partial charge in [-0.1, -0.05) is 30.3 Å². The van der Waals surface area contributed by atoms with Gasteiger partial charge in [-0.25, -0.2) is 13.4 Å². The molecule has 0 aliphatic carbocycles. The minimum atomic E-state index is -3.18. The SMILES string of the molecule is COc1ccccc1CNc1nc(-c2ccc(S(C)(=O)=O)cc2)cs1. The fourth-order valence-corrected chi connectivity index (χ4v) is 3.73. The lowest BCUT2D eigenvalue weighted by atomic mass is 10.2. The number of nitrogens with zero attached hydrogens (tertiary/aromatic N) is 1. The van der Waals surface area contributed by atoms with Gasteiger partial charge in [0.2, 0.25) is 0 Å². The lowest BCUT2D eigenvalue weighted by molar-refractivity contribution is 0.410. The van der Waals surface area contributed by atoms with Crippen LogP contribution in [0.3, 0.4) is 0 Å². The van der Waals surface area contributed by atoms with Crippen LogP contribution in [0.25, 0.3) is 11.3 Å². The van der Waals surface area contributed by atoms with Crippen LogP contribution >= 0.6 is 11.3 Å². The van der Waals surface area contributed by atoms with Crippen LogP contribution in [0.5, 0.6) is 5.75 Å². The zero-order chi connectivity index (χ0) is 17.9. The maximum Gasteiger partial charge on any atom is 0.183 e. The van der Waals surface area contributed by atoms with Crippen molar-refractivity contribution in [1.82, 2.24) is 4.98 Å². The smallest absolute Gasteiger partial charge is 0.183 e. The van der Waals surface area contributed by atoms with Gasteiger partial charge in [0.05, 0.1) is 17.7 Å². The number of rotatable bonds is 6. The van der Waals surface area contributed by atoms with Crippen LogP contribution in [0.4, 0.5) is 5.13 Å². The summed E-state index contributed by atoms with van der Waals surface area (Å²) in [7, 11) is -1.53. The number of ether oxygens (including phenoxy) is 1. The van der Waals surface area contributed by atoms with Gasteiger partial charge in [-0.05, 0) is 18.2 Å². The number of para-hydroxylation sites is 1. The molecule has 130 valence electrons. The van der Waals surface area contributed by atoms with Gasteiger partial charge in [0, 0.05) is 29.3 Å². The molecule has 25 heavy (non-hydrogen) atoms. The van der Waals surface area contributed by atoms with E-state index in [1.54, 1.807) is 31.4 Å². The van der Waals surface area contributed by atoms with Crippen molar-refractivity contribution in [2.45, 2.75) is 11.4 Å². The second kappa shape index (κ2) is 7.25. The highest BCUT2D eigenvalue weighted by Crippen LogP contribution is 2.27. The molecule has 0 saturated carbocycles. The average molecular weight is 374 g/mol. The molecule has 0 unspecified atom stereocenters. The number of sulfone groups is 1. The summed E-state index contributed by atoms with van der Waals surface area (Å²) in [5, 5.41) is 6.04. The first-order chi connectivity index (χ1) is 12.0. The van der Waals surface area contributed by atoms with Crippen LogP contribution in [-0.2, 0) is 16.4 Å². The number of nitrogens with one attached hydrogen (secondary N) is 1. The Balaban J connectivity index is 1.72. The number of thiazole rings is 1. The number of anilines is 1. The molecule has 0 aliphatic heterocycles. The maximum absolute atomic E-state index is 11.5. The molecule has 0 aliphatic rings. The van der Waals surface area contributed by atoms with E-state index >= 15 is 0 Å². The number of aromatic nitrogens is 1. The van der Waals surface area contributed by atoms with Gasteiger partial charge < -0.3 is 10.1 Å². The molecule has 3 rings (SSSR count). The molecule has 0 spiro atoms. The number of hydrogen-bond acceptors (Lipinski definition) is 6. The van der Waals surface area contributed by atoms with Crippen molar-refractivity contribution in [2.24, 2.45) is 0 Å². The van der Waals surface area contributed by atoms with Crippen molar-refractivity contribution >= 4 is 26.3 Å². The van der Waals surface area contributed by atoms with Gasteiger partial charge in [0.1, 0.15) is 5.75 Å². The van der Waals surface area contributed by atoms with E-state index in [1.807, 2.05) is 29.6 Å². The number of hydrogen-bond donors (Lipinski definition) is 1. The van der Waals surface area contributed by atoms with Gasteiger partial charge in [0.15, 0.2) is 15.0 Å². The Labute approximate surface area is 151 Å². The molecular formula is C18H18N2O3S2. The summed E-state index contributed by atoms with van der Waals surface area (Å²) in [5.74, 6) is 0.836. The number of benzene rings is 2. The van der Waals surface area contributed by atoms with E-state index in [4.69, 9.17) is 4.74 Å². The summed E-state index contributed by atoms with van der Waals surface area (Å²) in [5.41, 5.74) is 2.75. The van der Waals surface area contributed by atoms with Gasteiger partial charge in [0.25, 0.3) is 0 Å². The molecule has 0 amide bonds. The van der Waals surface area contributed by atoms with Crippen molar-refractivity contribution in [3.05, 3.63) is 59.5 Å². The highest BCUT2D eigenvalue weighted by atomic mass is 32.2. The van der Waals surface area contributed by atoms with Crippen molar-refractivity contribution in [1.29, 1.82) is 0 Å². The van der Waals surface area contributed by atoms with E-state index in [2.05, 4.69) is 10.3 Å². The second-order valence-corrected chi connectivity index (χ2v) is 8.37. The first-order valence-electron chi connectivity index (χ1n) is 7.59. The van der Waals surface area contributed by atoms with Crippen LogP contribution in [0.15, 0.2) is 58.8 Å². The maximum atomic E-state index is 11.5. The number of methoxy groups -OCH3 is 1. The molecule has 1 N–H and O–H groups in total. The zero-order valence-electron chi connectivity index (χ0n) is 13.9. The Morgan fingerprint density at radius 2 is 1.84 bits per heavy atom. The largest absolute Gasteiger partial charge is 0.496 e. The fourth-order valence-electron chi connectivity index (χ4n) is 2.38. The summed E-state index contributed by atoms with van der Waals surface area (Å²) < 4.78 is 28.4. The predicted octanol–water partition coefficient (Wildman–Crippen LogP) is 3.83. The van der Waals surface area contributed by atoms with Gasteiger partial charge in [-0.15, -0.1) is 11.3 Å². The standard InChI is InChI=1S/C18H18N2O3S2/c1-23-17-6-4-3-5-14(17)11-19-18-20-16(12-24-18)13-7-9-15(10-8-13)25(2,21)22/h3-10,12H,11H2,1-2H3,(H,19,20). The summed E-state index contributed by atoms with van der Waals surface area (Å²) in [4.78, 5) is 4.87. The van der Waals surface area contributed by atoms with Gasteiger partial charge in [-0.2, -0.15) is 0 Å². The topological polar surface area (TPSA) is 68.3 Å². The summed E-state index contributed by atoms with van der Waals surface area (Å²) in [6.45, 7) is 0.615. The van der Waals surface area contributed by atoms with Crippen molar-refractivity contribution in [3.8, 4) is 17.0 Å². The van der Waals surface area contributed by atoms with Gasteiger partial charge >= 0.3 is 0 Å². The second-order valence-electron chi connectivity index (χ2n) is 5.50.